The van der Waals surface area contributed by atoms with Crippen LogP contribution in [0.4, 0.5) is 4.39 Å². The number of para-hydroxylation sites is 1. The lowest BCUT2D eigenvalue weighted by Crippen LogP contribution is -2.29. The van der Waals surface area contributed by atoms with E-state index in [1.54, 1.807) is 35.7 Å². The Morgan fingerprint density at radius 2 is 2.06 bits per heavy atom. The molecule has 164 valence electrons. The van der Waals surface area contributed by atoms with E-state index >= 15 is 0 Å². The van der Waals surface area contributed by atoms with Crippen LogP contribution < -0.4 is 4.74 Å². The number of likely N-dealkylation sites (tertiary alicyclic amines) is 1. The molecule has 0 amide bonds. The van der Waals surface area contributed by atoms with E-state index in [1.807, 2.05) is 19.2 Å². The van der Waals surface area contributed by atoms with Crippen LogP contribution in [-0.2, 0) is 18.6 Å². The summed E-state index contributed by atoms with van der Waals surface area (Å²) in [6.07, 6.45) is 6.60. The Kier molecular flexibility index (Phi) is 6.95. The Balaban J connectivity index is 1.37. The first-order valence-corrected chi connectivity index (χ1v) is 11.5. The van der Waals surface area contributed by atoms with Crippen LogP contribution in [0.3, 0.4) is 0 Å². The number of nitrogens with zero attached hydrogens (tertiary/aromatic N) is 3. The summed E-state index contributed by atoms with van der Waals surface area (Å²) in [6.45, 7) is 4.95. The Morgan fingerprint density at radius 1 is 1.19 bits per heavy atom. The van der Waals surface area contributed by atoms with Crippen molar-refractivity contribution in [2.75, 3.05) is 19.7 Å². The summed E-state index contributed by atoms with van der Waals surface area (Å²) in [7, 11) is 0. The van der Waals surface area contributed by atoms with E-state index < -0.39 is 5.60 Å². The quantitative estimate of drug-likeness (QED) is 0.586. The Labute approximate surface area is 186 Å². The van der Waals surface area contributed by atoms with Crippen molar-refractivity contribution in [2.45, 2.75) is 44.8 Å². The van der Waals surface area contributed by atoms with Crippen molar-refractivity contribution in [3.63, 3.8) is 0 Å². The van der Waals surface area contributed by atoms with Crippen molar-refractivity contribution in [3.05, 3.63) is 75.8 Å². The van der Waals surface area contributed by atoms with Gasteiger partial charge in [-0.2, -0.15) is 0 Å². The Bertz CT molecular complexity index is 997. The highest BCUT2D eigenvalue weighted by molar-refractivity contribution is 7.11. The molecule has 0 saturated carbocycles. The van der Waals surface area contributed by atoms with Crippen LogP contribution in [0.5, 0.6) is 5.75 Å². The standard InChI is InChI=1S/C24H28FN3O2S/c1-18-22(9-15-30-21-8-3-2-7-20(21)25)31-23(27-18)24(29)10-5-13-28(14-11-24)17-19-6-4-12-26-16-19/h2-4,6-8,12,16,29H,5,9-11,13-15,17H2,1H3/t24-/m1/s1. The lowest BCUT2D eigenvalue weighted by atomic mass is 9.96. The summed E-state index contributed by atoms with van der Waals surface area (Å²) < 4.78 is 19.3. The summed E-state index contributed by atoms with van der Waals surface area (Å²) in [6, 6.07) is 10.5. The van der Waals surface area contributed by atoms with Gasteiger partial charge in [0.15, 0.2) is 11.6 Å². The van der Waals surface area contributed by atoms with Gasteiger partial charge in [0.1, 0.15) is 10.6 Å². The van der Waals surface area contributed by atoms with E-state index in [1.165, 1.54) is 11.6 Å². The Morgan fingerprint density at radius 3 is 2.87 bits per heavy atom. The molecule has 1 aliphatic rings. The second kappa shape index (κ2) is 9.85. The van der Waals surface area contributed by atoms with Gasteiger partial charge in [0.25, 0.3) is 0 Å². The summed E-state index contributed by atoms with van der Waals surface area (Å²) in [5, 5.41) is 12.2. The zero-order chi connectivity index (χ0) is 21.7. The van der Waals surface area contributed by atoms with Crippen molar-refractivity contribution < 1.29 is 14.2 Å². The molecule has 0 unspecified atom stereocenters. The van der Waals surface area contributed by atoms with Crippen molar-refractivity contribution in [1.29, 1.82) is 0 Å². The molecule has 1 fully saturated rings. The van der Waals surface area contributed by atoms with Crippen molar-refractivity contribution in [3.8, 4) is 5.75 Å². The van der Waals surface area contributed by atoms with Gasteiger partial charge in [0.2, 0.25) is 0 Å². The van der Waals surface area contributed by atoms with Crippen molar-refractivity contribution in [1.82, 2.24) is 14.9 Å². The molecule has 0 bridgehead atoms. The van der Waals surface area contributed by atoms with Crippen LogP contribution in [0.25, 0.3) is 0 Å². The van der Waals surface area contributed by atoms with Gasteiger partial charge in [-0.1, -0.05) is 18.2 Å². The number of benzene rings is 1. The topological polar surface area (TPSA) is 58.5 Å². The first kappa shape index (κ1) is 21.9. The van der Waals surface area contributed by atoms with Gasteiger partial charge >= 0.3 is 0 Å². The third-order valence-corrected chi connectivity index (χ3v) is 7.16. The largest absolute Gasteiger partial charge is 0.490 e. The SMILES string of the molecule is Cc1nc([C@@]2(O)CCCN(Cc3cccnc3)CC2)sc1CCOc1ccccc1F. The van der Waals surface area contributed by atoms with Gasteiger partial charge in [-0.3, -0.25) is 9.88 Å². The molecule has 2 aromatic heterocycles. The van der Waals surface area contributed by atoms with Gasteiger partial charge in [-0.05, 0) is 56.5 Å². The number of ether oxygens (including phenoxy) is 1. The maximum Gasteiger partial charge on any atom is 0.165 e. The number of thiazole rings is 1. The fourth-order valence-electron chi connectivity index (χ4n) is 3.97. The number of pyridine rings is 1. The maximum absolute atomic E-state index is 13.7. The third kappa shape index (κ3) is 5.47. The van der Waals surface area contributed by atoms with Gasteiger partial charge < -0.3 is 9.84 Å². The lowest BCUT2D eigenvalue weighted by molar-refractivity contribution is 0.0207. The van der Waals surface area contributed by atoms with Crippen LogP contribution in [0, 0.1) is 12.7 Å². The monoisotopic (exact) mass is 441 g/mol. The third-order valence-electron chi connectivity index (χ3n) is 5.75. The zero-order valence-corrected chi connectivity index (χ0v) is 18.6. The zero-order valence-electron chi connectivity index (χ0n) is 17.8. The van der Waals surface area contributed by atoms with Crippen molar-refractivity contribution in [2.24, 2.45) is 0 Å². The van der Waals surface area contributed by atoms with Crippen LogP contribution in [0.15, 0.2) is 48.8 Å². The summed E-state index contributed by atoms with van der Waals surface area (Å²) >= 11 is 1.56. The first-order valence-electron chi connectivity index (χ1n) is 10.7. The van der Waals surface area contributed by atoms with E-state index in [4.69, 9.17) is 9.72 Å². The highest BCUT2D eigenvalue weighted by Gasteiger charge is 2.35. The van der Waals surface area contributed by atoms with Gasteiger partial charge in [0, 0.05) is 36.8 Å². The first-order chi connectivity index (χ1) is 15.0. The van der Waals surface area contributed by atoms with Gasteiger partial charge in [0.05, 0.1) is 12.3 Å². The minimum atomic E-state index is -0.899. The fourth-order valence-corrected chi connectivity index (χ4v) is 5.16. The normalized spacial score (nSPS) is 19.8. The van der Waals surface area contributed by atoms with Gasteiger partial charge in [-0.15, -0.1) is 11.3 Å². The number of aryl methyl sites for hydroxylation is 1. The van der Waals surface area contributed by atoms with E-state index in [2.05, 4.69) is 16.0 Å². The number of hydrogen-bond acceptors (Lipinski definition) is 6. The number of aliphatic hydroxyl groups is 1. The number of hydrogen-bond donors (Lipinski definition) is 1. The average molecular weight is 442 g/mol. The highest BCUT2D eigenvalue weighted by atomic mass is 32.1. The number of aromatic nitrogens is 2. The number of rotatable bonds is 7. The minimum absolute atomic E-state index is 0.265. The maximum atomic E-state index is 13.7. The second-order valence-electron chi connectivity index (χ2n) is 8.08. The lowest BCUT2D eigenvalue weighted by Gasteiger charge is -2.24. The molecule has 3 heterocycles. The summed E-state index contributed by atoms with van der Waals surface area (Å²) in [5.41, 5.74) is 1.21. The molecule has 1 aliphatic heterocycles. The second-order valence-corrected chi connectivity index (χ2v) is 9.16. The predicted molar refractivity (Wildman–Crippen MR) is 120 cm³/mol. The van der Waals surface area contributed by atoms with E-state index in [0.717, 1.165) is 41.6 Å². The predicted octanol–water partition coefficient (Wildman–Crippen LogP) is 4.48. The molecule has 0 radical (unpaired) electrons. The molecule has 1 saturated heterocycles. The summed E-state index contributed by atoms with van der Waals surface area (Å²) in [5.74, 6) is -0.0891. The minimum Gasteiger partial charge on any atom is -0.490 e. The molecule has 1 aromatic carbocycles. The fraction of sp³-hybridized carbons (Fsp3) is 0.417. The van der Waals surface area contributed by atoms with Crippen LogP contribution in [-0.4, -0.2) is 39.7 Å². The molecule has 5 nitrogen and oxygen atoms in total. The van der Waals surface area contributed by atoms with E-state index in [-0.39, 0.29) is 11.6 Å². The smallest absolute Gasteiger partial charge is 0.165 e. The Hall–Kier alpha value is -2.35. The van der Waals surface area contributed by atoms with Crippen LogP contribution in [0.1, 0.15) is 40.4 Å². The highest BCUT2D eigenvalue weighted by Crippen LogP contribution is 2.37. The van der Waals surface area contributed by atoms with Crippen LogP contribution in [0.2, 0.25) is 0 Å². The summed E-state index contributed by atoms with van der Waals surface area (Å²) in [4.78, 5) is 12.4. The molecule has 3 aromatic rings. The van der Waals surface area contributed by atoms with Crippen molar-refractivity contribution >= 4 is 11.3 Å². The van der Waals surface area contributed by atoms with Gasteiger partial charge in [-0.25, -0.2) is 9.37 Å². The van der Waals surface area contributed by atoms with Crippen LogP contribution >= 0.6 is 11.3 Å². The van der Waals surface area contributed by atoms with E-state index in [0.29, 0.717) is 25.9 Å². The molecule has 1 atom stereocenters. The molecule has 4 rings (SSSR count). The average Bonchev–Trinajstić information content (AvgIpc) is 3.04. The molecule has 1 N–H and O–H groups in total. The number of halogens is 1. The molecule has 7 heteroatoms. The molecule has 0 spiro atoms. The molecular weight excluding hydrogens is 413 g/mol. The molecule has 31 heavy (non-hydrogen) atoms. The molecule has 0 aliphatic carbocycles. The van der Waals surface area contributed by atoms with E-state index in [9.17, 15) is 9.50 Å². The molecular formula is C24H28FN3O2S.